The van der Waals surface area contributed by atoms with Crippen LogP contribution in [0.25, 0.3) is 0 Å². The number of nitrogens with zero attached hydrogens (tertiary/aromatic N) is 1. The molecule has 0 aliphatic heterocycles. The molecule has 2 heteroatoms. The van der Waals surface area contributed by atoms with Crippen LogP contribution in [0.2, 0.25) is 0 Å². The topological polar surface area (TPSA) is 29.3 Å². The van der Waals surface area contributed by atoms with Crippen LogP contribution < -0.4 is 5.73 Å². The van der Waals surface area contributed by atoms with Gasteiger partial charge in [0.1, 0.15) is 0 Å². The zero-order chi connectivity index (χ0) is 12.3. The normalized spacial score (nSPS) is 24.9. The highest BCUT2D eigenvalue weighted by Gasteiger charge is 2.32. The van der Waals surface area contributed by atoms with Crippen LogP contribution in [0.15, 0.2) is 30.3 Å². The molecular weight excluding hydrogens is 208 g/mol. The Bertz CT molecular complexity index is 336. The SMILES string of the molecule is CC1CC1CN(C)CCC(N)c1ccccc1. The fourth-order valence-electron chi connectivity index (χ4n) is 2.37. The predicted octanol–water partition coefficient (Wildman–Crippen LogP) is 2.66. The molecular formula is C15H24N2. The van der Waals surface area contributed by atoms with E-state index in [9.17, 15) is 0 Å². The molecule has 0 amide bonds. The summed E-state index contributed by atoms with van der Waals surface area (Å²) >= 11 is 0. The average molecular weight is 232 g/mol. The van der Waals surface area contributed by atoms with E-state index in [4.69, 9.17) is 5.73 Å². The molecule has 94 valence electrons. The molecule has 1 saturated carbocycles. The summed E-state index contributed by atoms with van der Waals surface area (Å²) in [6, 6.07) is 10.6. The van der Waals surface area contributed by atoms with Crippen LogP contribution >= 0.6 is 0 Å². The van der Waals surface area contributed by atoms with Crippen molar-refractivity contribution in [3.63, 3.8) is 0 Å². The summed E-state index contributed by atoms with van der Waals surface area (Å²) in [6.45, 7) is 4.68. The maximum Gasteiger partial charge on any atom is 0.0307 e. The van der Waals surface area contributed by atoms with Gasteiger partial charge in [-0.05, 0) is 43.8 Å². The largest absolute Gasteiger partial charge is 0.324 e. The Hall–Kier alpha value is -0.860. The van der Waals surface area contributed by atoms with Crippen LogP contribution in [0.5, 0.6) is 0 Å². The molecule has 2 nitrogen and oxygen atoms in total. The van der Waals surface area contributed by atoms with Gasteiger partial charge < -0.3 is 10.6 Å². The summed E-state index contributed by atoms with van der Waals surface area (Å²) < 4.78 is 0. The minimum atomic E-state index is 0.176. The lowest BCUT2D eigenvalue weighted by Gasteiger charge is -2.19. The third kappa shape index (κ3) is 3.83. The van der Waals surface area contributed by atoms with E-state index in [1.807, 2.05) is 6.07 Å². The van der Waals surface area contributed by atoms with Gasteiger partial charge in [0.05, 0.1) is 0 Å². The van der Waals surface area contributed by atoms with E-state index in [0.717, 1.165) is 24.8 Å². The standard InChI is InChI=1S/C15H24N2/c1-12-10-14(12)11-17(2)9-8-15(16)13-6-4-3-5-7-13/h3-7,12,14-15H,8-11,16H2,1-2H3. The molecule has 1 aromatic carbocycles. The minimum Gasteiger partial charge on any atom is -0.324 e. The van der Waals surface area contributed by atoms with Crippen molar-refractivity contribution in [1.82, 2.24) is 4.90 Å². The van der Waals surface area contributed by atoms with Crippen molar-refractivity contribution < 1.29 is 0 Å². The van der Waals surface area contributed by atoms with Gasteiger partial charge in [0.15, 0.2) is 0 Å². The molecule has 2 N–H and O–H groups in total. The monoisotopic (exact) mass is 232 g/mol. The van der Waals surface area contributed by atoms with Crippen LogP contribution in [-0.4, -0.2) is 25.0 Å². The summed E-state index contributed by atoms with van der Waals surface area (Å²) in [7, 11) is 2.21. The molecule has 3 atom stereocenters. The van der Waals surface area contributed by atoms with Crippen LogP contribution in [0.1, 0.15) is 31.4 Å². The third-order valence-corrected chi connectivity index (χ3v) is 3.87. The van der Waals surface area contributed by atoms with E-state index in [0.29, 0.717) is 0 Å². The summed E-state index contributed by atoms with van der Waals surface area (Å²) in [5.41, 5.74) is 7.44. The molecule has 1 aliphatic carbocycles. The molecule has 0 radical (unpaired) electrons. The highest BCUT2D eigenvalue weighted by molar-refractivity contribution is 5.18. The van der Waals surface area contributed by atoms with Gasteiger partial charge in [-0.2, -0.15) is 0 Å². The van der Waals surface area contributed by atoms with Gasteiger partial charge >= 0.3 is 0 Å². The van der Waals surface area contributed by atoms with Gasteiger partial charge in [-0.15, -0.1) is 0 Å². The second-order valence-corrected chi connectivity index (χ2v) is 5.54. The molecule has 0 heterocycles. The Kier molecular flexibility index (Phi) is 4.19. The zero-order valence-electron chi connectivity index (χ0n) is 11.0. The molecule has 3 unspecified atom stereocenters. The Morgan fingerprint density at radius 2 is 2.00 bits per heavy atom. The van der Waals surface area contributed by atoms with Gasteiger partial charge in [-0.25, -0.2) is 0 Å². The predicted molar refractivity (Wildman–Crippen MR) is 72.8 cm³/mol. The molecule has 1 aromatic rings. The highest BCUT2D eigenvalue weighted by atomic mass is 15.1. The van der Waals surface area contributed by atoms with Crippen molar-refractivity contribution in [2.75, 3.05) is 20.1 Å². The van der Waals surface area contributed by atoms with Gasteiger partial charge in [-0.1, -0.05) is 37.3 Å². The second kappa shape index (κ2) is 5.65. The Labute approximate surface area is 105 Å². The van der Waals surface area contributed by atoms with E-state index in [1.165, 1.54) is 18.5 Å². The Morgan fingerprint density at radius 1 is 1.35 bits per heavy atom. The van der Waals surface area contributed by atoms with Crippen molar-refractivity contribution in [1.29, 1.82) is 0 Å². The molecule has 2 rings (SSSR count). The first-order valence-electron chi connectivity index (χ1n) is 6.66. The first-order chi connectivity index (χ1) is 8.16. The Balaban J connectivity index is 1.70. The van der Waals surface area contributed by atoms with Crippen LogP contribution in [0.3, 0.4) is 0 Å². The number of rotatable bonds is 6. The van der Waals surface area contributed by atoms with Crippen molar-refractivity contribution in [3.05, 3.63) is 35.9 Å². The maximum absolute atomic E-state index is 6.19. The van der Waals surface area contributed by atoms with Crippen molar-refractivity contribution in [3.8, 4) is 0 Å². The first kappa shape index (κ1) is 12.6. The summed E-state index contributed by atoms with van der Waals surface area (Å²) in [5.74, 6) is 1.88. The molecule has 17 heavy (non-hydrogen) atoms. The number of nitrogens with two attached hydrogens (primary N) is 1. The van der Waals surface area contributed by atoms with Crippen LogP contribution in [0.4, 0.5) is 0 Å². The number of benzene rings is 1. The summed E-state index contributed by atoms with van der Waals surface area (Å²) in [4.78, 5) is 2.43. The lowest BCUT2D eigenvalue weighted by atomic mass is 10.0. The summed E-state index contributed by atoms with van der Waals surface area (Å²) in [6.07, 6.45) is 2.46. The molecule has 0 aromatic heterocycles. The summed E-state index contributed by atoms with van der Waals surface area (Å²) in [5, 5.41) is 0. The third-order valence-electron chi connectivity index (χ3n) is 3.87. The number of hydrogen-bond donors (Lipinski definition) is 1. The van der Waals surface area contributed by atoms with Crippen molar-refractivity contribution >= 4 is 0 Å². The molecule has 0 spiro atoms. The minimum absolute atomic E-state index is 0.176. The Morgan fingerprint density at radius 3 is 2.59 bits per heavy atom. The van der Waals surface area contributed by atoms with Gasteiger partial charge in [0.2, 0.25) is 0 Å². The highest BCUT2D eigenvalue weighted by Crippen LogP contribution is 2.37. The van der Waals surface area contributed by atoms with E-state index in [1.54, 1.807) is 0 Å². The van der Waals surface area contributed by atoms with Crippen molar-refractivity contribution in [2.45, 2.75) is 25.8 Å². The fraction of sp³-hybridized carbons (Fsp3) is 0.600. The van der Waals surface area contributed by atoms with Crippen LogP contribution in [0, 0.1) is 11.8 Å². The molecule has 0 saturated heterocycles. The number of hydrogen-bond acceptors (Lipinski definition) is 2. The van der Waals surface area contributed by atoms with E-state index in [-0.39, 0.29) is 6.04 Å². The smallest absolute Gasteiger partial charge is 0.0307 e. The fourth-order valence-corrected chi connectivity index (χ4v) is 2.37. The molecule has 1 aliphatic rings. The van der Waals surface area contributed by atoms with Gasteiger partial charge in [0.25, 0.3) is 0 Å². The van der Waals surface area contributed by atoms with E-state index >= 15 is 0 Å². The zero-order valence-corrected chi connectivity index (χ0v) is 11.0. The lowest BCUT2D eigenvalue weighted by molar-refractivity contribution is 0.301. The van der Waals surface area contributed by atoms with Gasteiger partial charge in [-0.3, -0.25) is 0 Å². The van der Waals surface area contributed by atoms with Crippen molar-refractivity contribution in [2.24, 2.45) is 17.6 Å². The maximum atomic E-state index is 6.19. The first-order valence-corrected chi connectivity index (χ1v) is 6.66. The van der Waals surface area contributed by atoms with E-state index in [2.05, 4.69) is 43.1 Å². The molecule has 1 fully saturated rings. The lowest BCUT2D eigenvalue weighted by Crippen LogP contribution is -2.25. The van der Waals surface area contributed by atoms with Crippen LogP contribution in [-0.2, 0) is 0 Å². The average Bonchev–Trinajstić information content (AvgIpc) is 3.03. The molecule has 0 bridgehead atoms. The van der Waals surface area contributed by atoms with E-state index < -0.39 is 0 Å². The quantitative estimate of drug-likeness (QED) is 0.817. The second-order valence-electron chi connectivity index (χ2n) is 5.54. The van der Waals surface area contributed by atoms with Gasteiger partial charge in [0, 0.05) is 12.6 Å².